The fourth-order valence-corrected chi connectivity index (χ4v) is 4.77. The van der Waals surface area contributed by atoms with Gasteiger partial charge in [0.2, 0.25) is 0 Å². The second kappa shape index (κ2) is 8.81. The molecule has 31 heavy (non-hydrogen) atoms. The first kappa shape index (κ1) is 22.1. The zero-order chi connectivity index (χ0) is 22.1. The molecule has 3 N–H and O–H groups in total. The van der Waals surface area contributed by atoms with Crippen molar-refractivity contribution < 1.29 is 27.8 Å². The molecule has 1 unspecified atom stereocenters. The molecule has 0 radical (unpaired) electrons. The zero-order valence-electron chi connectivity index (χ0n) is 17.3. The van der Waals surface area contributed by atoms with Gasteiger partial charge in [-0.15, -0.1) is 13.2 Å². The molecule has 168 valence electrons. The highest BCUT2D eigenvalue weighted by Gasteiger charge is 2.36. The molecule has 0 saturated heterocycles. The molecule has 0 bridgehead atoms. The molecule has 4 rings (SSSR count). The minimum Gasteiger partial charge on any atom is -0.406 e. The second-order valence-corrected chi connectivity index (χ2v) is 8.86. The number of ether oxygens (including phenoxy) is 2. The third kappa shape index (κ3) is 5.59. The molecule has 4 nitrogen and oxygen atoms in total. The summed E-state index contributed by atoms with van der Waals surface area (Å²) >= 11 is 0. The summed E-state index contributed by atoms with van der Waals surface area (Å²) in [6.07, 6.45) is 0.552. The van der Waals surface area contributed by atoms with E-state index in [4.69, 9.17) is 10.5 Å². The van der Waals surface area contributed by atoms with Gasteiger partial charge in [-0.25, -0.2) is 0 Å². The molecule has 2 aromatic rings. The van der Waals surface area contributed by atoms with Gasteiger partial charge >= 0.3 is 6.36 Å². The number of alkyl halides is 3. The molecule has 0 aliphatic heterocycles. The van der Waals surface area contributed by atoms with Crippen molar-refractivity contribution in [3.8, 4) is 5.75 Å². The van der Waals surface area contributed by atoms with E-state index in [2.05, 4.69) is 22.9 Å². The van der Waals surface area contributed by atoms with E-state index in [0.717, 1.165) is 38.5 Å². The van der Waals surface area contributed by atoms with Gasteiger partial charge in [0, 0.05) is 5.54 Å². The summed E-state index contributed by atoms with van der Waals surface area (Å²) in [5.74, 6) is 0.160. The van der Waals surface area contributed by atoms with Gasteiger partial charge in [0.25, 0.3) is 0 Å². The van der Waals surface area contributed by atoms with Gasteiger partial charge in [-0.2, -0.15) is 0 Å². The van der Waals surface area contributed by atoms with Crippen LogP contribution in [-0.4, -0.2) is 29.7 Å². The maximum atomic E-state index is 12.4. The predicted molar refractivity (Wildman–Crippen MR) is 111 cm³/mol. The first-order valence-electron chi connectivity index (χ1n) is 10.7. The van der Waals surface area contributed by atoms with E-state index in [-0.39, 0.29) is 25.1 Å². The minimum absolute atomic E-state index is 0.0265. The van der Waals surface area contributed by atoms with E-state index in [9.17, 15) is 18.3 Å². The predicted octanol–water partition coefficient (Wildman–Crippen LogP) is 4.62. The zero-order valence-corrected chi connectivity index (χ0v) is 17.3. The van der Waals surface area contributed by atoms with Crippen LogP contribution in [-0.2, 0) is 24.2 Å². The smallest absolute Gasteiger partial charge is 0.406 e. The largest absolute Gasteiger partial charge is 0.573 e. The van der Waals surface area contributed by atoms with Crippen LogP contribution in [0.3, 0.4) is 0 Å². The van der Waals surface area contributed by atoms with Crippen molar-refractivity contribution in [1.29, 1.82) is 0 Å². The average Bonchev–Trinajstić information content (AvgIpc) is 3.14. The van der Waals surface area contributed by atoms with Crippen LogP contribution < -0.4 is 10.5 Å². The molecule has 2 aliphatic rings. The van der Waals surface area contributed by atoms with Gasteiger partial charge in [0.15, 0.2) is 0 Å². The maximum Gasteiger partial charge on any atom is 0.573 e. The third-order valence-electron chi connectivity index (χ3n) is 6.46. The van der Waals surface area contributed by atoms with Crippen molar-refractivity contribution in [2.24, 2.45) is 5.73 Å². The number of fused-ring (bicyclic) bond motifs is 1. The van der Waals surface area contributed by atoms with Crippen molar-refractivity contribution in [1.82, 2.24) is 0 Å². The number of nitrogens with two attached hydrogens (primary N) is 1. The molecule has 1 saturated carbocycles. The first-order chi connectivity index (χ1) is 14.7. The molecule has 2 aliphatic carbocycles. The van der Waals surface area contributed by atoms with Gasteiger partial charge in [-0.05, 0) is 78.8 Å². The molecule has 0 spiro atoms. The molecule has 2 aromatic carbocycles. The van der Waals surface area contributed by atoms with E-state index in [1.54, 1.807) is 6.07 Å². The molecular weight excluding hydrogens is 407 g/mol. The van der Waals surface area contributed by atoms with Crippen LogP contribution in [0.2, 0.25) is 0 Å². The lowest BCUT2D eigenvalue weighted by atomic mass is 9.85. The van der Waals surface area contributed by atoms with Crippen LogP contribution in [0.25, 0.3) is 0 Å². The Morgan fingerprint density at radius 1 is 1.10 bits per heavy atom. The van der Waals surface area contributed by atoms with Gasteiger partial charge in [-0.3, -0.25) is 0 Å². The number of benzene rings is 2. The van der Waals surface area contributed by atoms with Gasteiger partial charge in [0.1, 0.15) is 5.75 Å². The Morgan fingerprint density at radius 2 is 1.94 bits per heavy atom. The number of rotatable bonds is 6. The Balaban J connectivity index is 1.34. The highest BCUT2D eigenvalue weighted by Crippen LogP contribution is 2.40. The fourth-order valence-electron chi connectivity index (χ4n) is 4.77. The number of aryl methyl sites for hydroxylation is 1. The summed E-state index contributed by atoms with van der Waals surface area (Å²) in [5.41, 5.74) is 10.3. The first-order valence-corrected chi connectivity index (χ1v) is 10.7. The van der Waals surface area contributed by atoms with E-state index in [1.165, 1.54) is 34.9 Å². The molecule has 3 atom stereocenters. The lowest BCUT2D eigenvalue weighted by Gasteiger charge is -2.26. The van der Waals surface area contributed by atoms with E-state index < -0.39 is 11.9 Å². The van der Waals surface area contributed by atoms with Crippen molar-refractivity contribution in [3.05, 3.63) is 64.7 Å². The highest BCUT2D eigenvalue weighted by atomic mass is 19.4. The molecule has 0 heterocycles. The van der Waals surface area contributed by atoms with Crippen LogP contribution in [0.15, 0.2) is 42.5 Å². The molecule has 1 fully saturated rings. The third-order valence-corrected chi connectivity index (χ3v) is 6.46. The fraction of sp³-hybridized carbons (Fsp3) is 0.500. The minimum atomic E-state index is -4.70. The van der Waals surface area contributed by atoms with Crippen LogP contribution in [0, 0.1) is 0 Å². The van der Waals surface area contributed by atoms with Gasteiger partial charge < -0.3 is 20.3 Å². The van der Waals surface area contributed by atoms with Gasteiger partial charge in [0.05, 0.1) is 19.3 Å². The van der Waals surface area contributed by atoms with E-state index in [0.29, 0.717) is 11.5 Å². The summed E-state index contributed by atoms with van der Waals surface area (Å²) in [5, 5.41) is 9.51. The quantitative estimate of drug-likeness (QED) is 0.695. The van der Waals surface area contributed by atoms with E-state index in [1.807, 2.05) is 0 Å². The summed E-state index contributed by atoms with van der Waals surface area (Å²) in [6, 6.07) is 12.5. The topological polar surface area (TPSA) is 64.7 Å². The maximum absolute atomic E-state index is 12.4. The number of halogens is 3. The normalized spacial score (nSPS) is 26.0. The Morgan fingerprint density at radius 3 is 2.68 bits per heavy atom. The Hall–Kier alpha value is -2.09. The number of hydrogen-bond acceptors (Lipinski definition) is 4. The van der Waals surface area contributed by atoms with Crippen LogP contribution in [0.1, 0.15) is 53.9 Å². The summed E-state index contributed by atoms with van der Waals surface area (Å²) in [6.45, 7) is 0.271. The summed E-state index contributed by atoms with van der Waals surface area (Å²) in [4.78, 5) is 0. The SMILES string of the molecule is N[C@]1(CO)CC[C@H](c2ccc3c(c2)CCC(OCc2cccc(OC(F)(F)F)c2)C3)C1. The molecule has 0 amide bonds. The standard InChI is InChI=1S/C24H28F3NO3/c25-24(26,27)31-22-3-1-2-16(10-22)14-30-21-7-6-17-11-18(4-5-19(17)12-21)20-8-9-23(28,13-20)15-29/h1-5,10-11,20-21,29H,6-9,12-15,28H2/t20-,21?,23+/m0/s1. The molecule has 7 heteroatoms. The second-order valence-electron chi connectivity index (χ2n) is 8.86. The van der Waals surface area contributed by atoms with Crippen molar-refractivity contribution in [2.75, 3.05) is 6.61 Å². The van der Waals surface area contributed by atoms with Crippen molar-refractivity contribution >= 4 is 0 Å². The monoisotopic (exact) mass is 435 g/mol. The number of aliphatic hydroxyl groups excluding tert-OH is 1. The molecule has 0 aromatic heterocycles. The van der Waals surface area contributed by atoms with Crippen LogP contribution in [0.5, 0.6) is 5.75 Å². The number of hydrogen-bond donors (Lipinski definition) is 2. The Labute approximate surface area is 180 Å². The lowest BCUT2D eigenvalue weighted by Crippen LogP contribution is -2.40. The Kier molecular flexibility index (Phi) is 6.28. The Bertz CT molecular complexity index is 917. The average molecular weight is 435 g/mol. The number of aliphatic hydroxyl groups is 1. The summed E-state index contributed by atoms with van der Waals surface area (Å²) < 4.78 is 47.2. The summed E-state index contributed by atoms with van der Waals surface area (Å²) in [7, 11) is 0. The van der Waals surface area contributed by atoms with Crippen molar-refractivity contribution in [2.45, 2.75) is 69.1 Å². The van der Waals surface area contributed by atoms with Gasteiger partial charge in [-0.1, -0.05) is 30.3 Å². The lowest BCUT2D eigenvalue weighted by molar-refractivity contribution is -0.274. The van der Waals surface area contributed by atoms with E-state index >= 15 is 0 Å². The van der Waals surface area contributed by atoms with Crippen LogP contribution >= 0.6 is 0 Å². The molecular formula is C24H28F3NO3. The van der Waals surface area contributed by atoms with Crippen LogP contribution in [0.4, 0.5) is 13.2 Å². The highest BCUT2D eigenvalue weighted by molar-refractivity contribution is 5.37. The van der Waals surface area contributed by atoms with Crippen molar-refractivity contribution in [3.63, 3.8) is 0 Å².